The predicted octanol–water partition coefficient (Wildman–Crippen LogP) is 1.41. The third-order valence-electron chi connectivity index (χ3n) is 2.02. The maximum atomic E-state index is 10.7. The zero-order chi connectivity index (χ0) is 9.84. The maximum absolute atomic E-state index is 10.7. The summed E-state index contributed by atoms with van der Waals surface area (Å²) in [5.74, 6) is -0.875. The lowest BCUT2D eigenvalue weighted by Crippen LogP contribution is -2.04. The van der Waals surface area contributed by atoms with Crippen molar-refractivity contribution >= 4 is 5.97 Å². The van der Waals surface area contributed by atoms with Gasteiger partial charge < -0.3 is 10.8 Å². The summed E-state index contributed by atoms with van der Waals surface area (Å²) in [6.07, 6.45) is 0.718. The first kappa shape index (κ1) is 9.74. The predicted molar refractivity (Wildman–Crippen MR) is 50.7 cm³/mol. The van der Waals surface area contributed by atoms with Crippen molar-refractivity contribution in [1.29, 1.82) is 0 Å². The van der Waals surface area contributed by atoms with Crippen LogP contribution in [0.4, 0.5) is 0 Å². The van der Waals surface area contributed by atoms with Gasteiger partial charge in [-0.05, 0) is 23.6 Å². The van der Waals surface area contributed by atoms with E-state index in [1.807, 2.05) is 13.0 Å². The summed E-state index contributed by atoms with van der Waals surface area (Å²) in [5, 5.41) is 8.83. The lowest BCUT2D eigenvalue weighted by molar-refractivity contribution is 0.0695. The highest BCUT2D eigenvalue weighted by atomic mass is 16.4. The third-order valence-corrected chi connectivity index (χ3v) is 2.02. The molecule has 70 valence electrons. The van der Waals surface area contributed by atoms with Crippen LogP contribution in [-0.2, 0) is 13.0 Å². The summed E-state index contributed by atoms with van der Waals surface area (Å²) in [7, 11) is 0. The number of aryl methyl sites for hydroxylation is 1. The van der Waals surface area contributed by atoms with E-state index in [9.17, 15) is 4.79 Å². The Morgan fingerprint density at radius 2 is 2.23 bits per heavy atom. The number of hydrogen-bond donors (Lipinski definition) is 2. The van der Waals surface area contributed by atoms with Crippen molar-refractivity contribution in [1.82, 2.24) is 0 Å². The molecule has 13 heavy (non-hydrogen) atoms. The average Bonchev–Trinajstić information content (AvgIpc) is 2.16. The maximum Gasteiger partial charge on any atom is 0.335 e. The molecule has 0 amide bonds. The highest BCUT2D eigenvalue weighted by Gasteiger charge is 2.08. The van der Waals surface area contributed by atoms with E-state index in [-0.39, 0.29) is 0 Å². The SMILES string of the molecule is CCc1cc(CN)ccc1C(=O)O. The minimum Gasteiger partial charge on any atom is -0.478 e. The van der Waals surface area contributed by atoms with Crippen LogP contribution in [0, 0.1) is 0 Å². The molecule has 0 aliphatic carbocycles. The van der Waals surface area contributed by atoms with Gasteiger partial charge in [0.1, 0.15) is 0 Å². The molecule has 0 spiro atoms. The van der Waals surface area contributed by atoms with Crippen molar-refractivity contribution in [2.24, 2.45) is 5.73 Å². The van der Waals surface area contributed by atoms with Gasteiger partial charge in [0.25, 0.3) is 0 Å². The number of carboxylic acid groups (broad SMARTS) is 1. The van der Waals surface area contributed by atoms with Crippen LogP contribution in [-0.4, -0.2) is 11.1 Å². The molecule has 1 aromatic carbocycles. The highest BCUT2D eigenvalue weighted by Crippen LogP contribution is 2.12. The first-order chi connectivity index (χ1) is 6.19. The second-order valence-electron chi connectivity index (χ2n) is 2.85. The minimum absolute atomic E-state index is 0.375. The number of carbonyl (C=O) groups is 1. The quantitative estimate of drug-likeness (QED) is 0.737. The van der Waals surface area contributed by atoms with Crippen LogP contribution < -0.4 is 5.73 Å². The van der Waals surface area contributed by atoms with Crippen molar-refractivity contribution < 1.29 is 9.90 Å². The van der Waals surface area contributed by atoms with Crippen LogP contribution in [0.3, 0.4) is 0 Å². The first-order valence-electron chi connectivity index (χ1n) is 4.24. The van der Waals surface area contributed by atoms with Gasteiger partial charge in [-0.3, -0.25) is 0 Å². The van der Waals surface area contributed by atoms with Gasteiger partial charge >= 0.3 is 5.97 Å². The van der Waals surface area contributed by atoms with E-state index in [0.717, 1.165) is 17.5 Å². The number of aromatic carboxylic acids is 1. The van der Waals surface area contributed by atoms with E-state index in [1.165, 1.54) is 0 Å². The van der Waals surface area contributed by atoms with E-state index < -0.39 is 5.97 Å². The Balaban J connectivity index is 3.15. The summed E-state index contributed by atoms with van der Waals surface area (Å²) >= 11 is 0. The molecule has 1 rings (SSSR count). The van der Waals surface area contributed by atoms with E-state index in [0.29, 0.717) is 12.1 Å². The third kappa shape index (κ3) is 2.06. The molecular weight excluding hydrogens is 166 g/mol. The summed E-state index contributed by atoms with van der Waals surface area (Å²) in [4.78, 5) is 10.7. The summed E-state index contributed by atoms with van der Waals surface area (Å²) in [6.45, 7) is 2.38. The van der Waals surface area contributed by atoms with Gasteiger partial charge in [0.2, 0.25) is 0 Å². The molecule has 3 heteroatoms. The van der Waals surface area contributed by atoms with Gasteiger partial charge in [0.15, 0.2) is 0 Å². The van der Waals surface area contributed by atoms with Crippen molar-refractivity contribution in [2.75, 3.05) is 0 Å². The van der Waals surface area contributed by atoms with Crippen LogP contribution >= 0.6 is 0 Å². The van der Waals surface area contributed by atoms with Crippen LogP contribution in [0.1, 0.15) is 28.4 Å². The topological polar surface area (TPSA) is 63.3 Å². The van der Waals surface area contributed by atoms with Gasteiger partial charge in [-0.2, -0.15) is 0 Å². The zero-order valence-electron chi connectivity index (χ0n) is 7.58. The molecule has 1 aromatic rings. The largest absolute Gasteiger partial charge is 0.478 e. The minimum atomic E-state index is -0.875. The Hall–Kier alpha value is -1.35. The molecule has 0 unspecified atom stereocenters. The number of carboxylic acids is 1. The molecule has 0 heterocycles. The first-order valence-corrected chi connectivity index (χ1v) is 4.24. The van der Waals surface area contributed by atoms with E-state index in [2.05, 4.69) is 0 Å². The second-order valence-corrected chi connectivity index (χ2v) is 2.85. The number of benzene rings is 1. The molecule has 0 aliphatic heterocycles. The fourth-order valence-corrected chi connectivity index (χ4v) is 1.28. The van der Waals surface area contributed by atoms with Crippen LogP contribution in [0.2, 0.25) is 0 Å². The van der Waals surface area contributed by atoms with Crippen LogP contribution in [0.25, 0.3) is 0 Å². The number of nitrogens with two attached hydrogens (primary N) is 1. The Labute approximate surface area is 77.2 Å². The Bertz CT molecular complexity index is 321. The molecule has 0 aliphatic rings. The molecule has 0 atom stereocenters. The molecule has 0 saturated heterocycles. The second kappa shape index (κ2) is 4.05. The standard InChI is InChI=1S/C10H13NO2/c1-2-8-5-7(6-11)3-4-9(8)10(12)13/h3-5H,2,6,11H2,1H3,(H,12,13). The van der Waals surface area contributed by atoms with E-state index >= 15 is 0 Å². The smallest absolute Gasteiger partial charge is 0.335 e. The van der Waals surface area contributed by atoms with Gasteiger partial charge in [-0.25, -0.2) is 4.79 Å². The van der Waals surface area contributed by atoms with Crippen molar-refractivity contribution in [2.45, 2.75) is 19.9 Å². The molecule has 0 saturated carbocycles. The Kier molecular flexibility index (Phi) is 3.03. The molecule has 3 N–H and O–H groups in total. The van der Waals surface area contributed by atoms with E-state index in [4.69, 9.17) is 10.8 Å². The van der Waals surface area contributed by atoms with E-state index in [1.54, 1.807) is 12.1 Å². The lowest BCUT2D eigenvalue weighted by atomic mass is 10.0. The fraction of sp³-hybridized carbons (Fsp3) is 0.300. The zero-order valence-corrected chi connectivity index (χ0v) is 7.58. The van der Waals surface area contributed by atoms with Crippen molar-refractivity contribution in [3.05, 3.63) is 34.9 Å². The van der Waals surface area contributed by atoms with Gasteiger partial charge in [-0.15, -0.1) is 0 Å². The van der Waals surface area contributed by atoms with Crippen molar-refractivity contribution in [3.8, 4) is 0 Å². The number of hydrogen-bond acceptors (Lipinski definition) is 2. The molecule has 0 radical (unpaired) electrons. The normalized spacial score (nSPS) is 10.0. The fourth-order valence-electron chi connectivity index (χ4n) is 1.28. The summed E-state index contributed by atoms with van der Waals surface area (Å²) < 4.78 is 0. The summed E-state index contributed by atoms with van der Waals surface area (Å²) in [5.41, 5.74) is 7.64. The molecular formula is C10H13NO2. The highest BCUT2D eigenvalue weighted by molar-refractivity contribution is 5.89. The molecule has 3 nitrogen and oxygen atoms in total. The van der Waals surface area contributed by atoms with Crippen LogP contribution in [0.15, 0.2) is 18.2 Å². The molecule has 0 fully saturated rings. The van der Waals surface area contributed by atoms with Crippen molar-refractivity contribution in [3.63, 3.8) is 0 Å². The average molecular weight is 179 g/mol. The summed E-state index contributed by atoms with van der Waals surface area (Å²) in [6, 6.07) is 5.22. The molecule has 0 aromatic heterocycles. The monoisotopic (exact) mass is 179 g/mol. The Morgan fingerprint density at radius 1 is 1.54 bits per heavy atom. The lowest BCUT2D eigenvalue weighted by Gasteiger charge is -2.05. The number of rotatable bonds is 3. The van der Waals surface area contributed by atoms with Gasteiger partial charge in [0, 0.05) is 6.54 Å². The Morgan fingerprint density at radius 3 is 2.69 bits per heavy atom. The molecule has 0 bridgehead atoms. The van der Waals surface area contributed by atoms with Gasteiger partial charge in [-0.1, -0.05) is 19.1 Å². The van der Waals surface area contributed by atoms with Gasteiger partial charge in [0.05, 0.1) is 5.56 Å². The van der Waals surface area contributed by atoms with Crippen LogP contribution in [0.5, 0.6) is 0 Å².